The van der Waals surface area contributed by atoms with E-state index in [0.717, 1.165) is 23.9 Å². The Hall–Kier alpha value is -3.54. The number of thioether (sulfide) groups is 1. The number of anilines is 1. The fraction of sp³-hybridized carbons (Fsp3) is 0.167. The van der Waals surface area contributed by atoms with Gasteiger partial charge in [-0.05, 0) is 34.7 Å². The molecule has 3 aromatic rings. The second-order valence-electron chi connectivity index (χ2n) is 5.79. The third kappa shape index (κ3) is 5.29. The Bertz CT molecular complexity index is 1060. The minimum Gasteiger partial charge on any atom is -0.494 e. The van der Waals surface area contributed by atoms with Crippen molar-refractivity contribution < 1.29 is 23.1 Å². The number of halogens is 2. The predicted octanol–water partition coefficient (Wildman–Crippen LogP) is 1.80. The molecule has 2 amide bonds. The summed E-state index contributed by atoms with van der Waals surface area (Å²) in [4.78, 5) is 23.9. The quantitative estimate of drug-likeness (QED) is 0.520. The zero-order chi connectivity index (χ0) is 21.5. The van der Waals surface area contributed by atoms with Crippen molar-refractivity contribution in [2.24, 2.45) is 0 Å². The first kappa shape index (κ1) is 21.2. The van der Waals surface area contributed by atoms with Gasteiger partial charge in [0.1, 0.15) is 11.4 Å². The van der Waals surface area contributed by atoms with Gasteiger partial charge in [0.25, 0.3) is 0 Å². The molecule has 12 heteroatoms. The van der Waals surface area contributed by atoms with Crippen LogP contribution in [0.3, 0.4) is 0 Å². The molecule has 156 valence electrons. The lowest BCUT2D eigenvalue weighted by molar-refractivity contribution is -0.122. The predicted molar refractivity (Wildman–Crippen MR) is 104 cm³/mol. The SMILES string of the molecule is COc1ccccc1-n1nnnc1SCC(=O)NCC(=O)Nc1ccc(F)c(F)c1. The fourth-order valence-corrected chi connectivity index (χ4v) is 3.08. The molecule has 9 nitrogen and oxygen atoms in total. The lowest BCUT2D eigenvalue weighted by Gasteiger charge is -2.09. The number of carbonyl (C=O) groups is 2. The van der Waals surface area contributed by atoms with E-state index in [0.29, 0.717) is 16.6 Å². The Kier molecular flexibility index (Phi) is 6.91. The molecule has 1 heterocycles. The monoisotopic (exact) mass is 434 g/mol. The van der Waals surface area contributed by atoms with Crippen molar-refractivity contribution in [2.45, 2.75) is 5.16 Å². The maximum atomic E-state index is 13.2. The summed E-state index contributed by atoms with van der Waals surface area (Å²) in [6, 6.07) is 10.1. The molecule has 1 aromatic heterocycles. The number of aromatic nitrogens is 4. The van der Waals surface area contributed by atoms with Crippen LogP contribution in [-0.4, -0.2) is 51.4 Å². The summed E-state index contributed by atoms with van der Waals surface area (Å²) >= 11 is 1.07. The summed E-state index contributed by atoms with van der Waals surface area (Å²) in [5.41, 5.74) is 0.692. The van der Waals surface area contributed by atoms with Gasteiger partial charge in [0.2, 0.25) is 17.0 Å². The van der Waals surface area contributed by atoms with Gasteiger partial charge >= 0.3 is 0 Å². The summed E-state index contributed by atoms with van der Waals surface area (Å²) in [5.74, 6) is -2.61. The van der Waals surface area contributed by atoms with Gasteiger partial charge in [0, 0.05) is 11.8 Å². The number of ether oxygens (including phenoxy) is 1. The van der Waals surface area contributed by atoms with E-state index in [4.69, 9.17) is 4.74 Å². The number of tetrazole rings is 1. The highest BCUT2D eigenvalue weighted by Crippen LogP contribution is 2.25. The lowest BCUT2D eigenvalue weighted by Crippen LogP contribution is -2.34. The average Bonchev–Trinajstić information content (AvgIpc) is 3.21. The normalized spacial score (nSPS) is 10.5. The molecule has 30 heavy (non-hydrogen) atoms. The Morgan fingerprint density at radius 2 is 1.93 bits per heavy atom. The highest BCUT2D eigenvalue weighted by Gasteiger charge is 2.15. The molecule has 0 radical (unpaired) electrons. The van der Waals surface area contributed by atoms with Gasteiger partial charge in [-0.25, -0.2) is 8.78 Å². The summed E-state index contributed by atoms with van der Waals surface area (Å²) in [6.45, 7) is -0.337. The summed E-state index contributed by atoms with van der Waals surface area (Å²) in [5, 5.41) is 16.6. The van der Waals surface area contributed by atoms with Crippen LogP contribution in [0.4, 0.5) is 14.5 Å². The number of carbonyl (C=O) groups excluding carboxylic acids is 2. The number of nitrogens with zero attached hydrogens (tertiary/aromatic N) is 4. The van der Waals surface area contributed by atoms with Crippen molar-refractivity contribution in [3.8, 4) is 11.4 Å². The number of nitrogens with one attached hydrogen (secondary N) is 2. The van der Waals surface area contributed by atoms with Crippen molar-refractivity contribution in [1.29, 1.82) is 0 Å². The Morgan fingerprint density at radius 1 is 1.13 bits per heavy atom. The number of hydrogen-bond donors (Lipinski definition) is 2. The van der Waals surface area contributed by atoms with Crippen LogP contribution in [0.25, 0.3) is 5.69 Å². The highest BCUT2D eigenvalue weighted by molar-refractivity contribution is 7.99. The van der Waals surface area contributed by atoms with Crippen molar-refractivity contribution in [3.63, 3.8) is 0 Å². The van der Waals surface area contributed by atoms with Crippen LogP contribution in [0.5, 0.6) is 5.75 Å². The maximum Gasteiger partial charge on any atom is 0.243 e. The summed E-state index contributed by atoms with van der Waals surface area (Å²) in [6.07, 6.45) is 0. The molecule has 2 N–H and O–H groups in total. The second kappa shape index (κ2) is 9.78. The van der Waals surface area contributed by atoms with Crippen molar-refractivity contribution in [2.75, 3.05) is 24.7 Å². The Balaban J connectivity index is 1.51. The van der Waals surface area contributed by atoms with E-state index in [-0.39, 0.29) is 18.0 Å². The summed E-state index contributed by atoms with van der Waals surface area (Å²) in [7, 11) is 1.52. The first-order chi connectivity index (χ1) is 14.5. The molecule has 0 saturated carbocycles. The smallest absolute Gasteiger partial charge is 0.243 e. The van der Waals surface area contributed by atoms with Crippen LogP contribution in [0.15, 0.2) is 47.6 Å². The molecule has 0 aliphatic carbocycles. The minimum absolute atomic E-state index is 0.0476. The van der Waals surface area contributed by atoms with Crippen LogP contribution >= 0.6 is 11.8 Å². The third-order valence-corrected chi connectivity index (χ3v) is 4.66. The standard InChI is InChI=1S/C18H16F2N6O3S/c1-29-15-5-3-2-4-14(15)26-18(23-24-25-26)30-10-17(28)21-9-16(27)22-11-6-7-12(19)13(20)8-11/h2-8H,9-10H2,1H3,(H,21,28)(H,22,27). The van der Waals surface area contributed by atoms with Crippen LogP contribution in [-0.2, 0) is 9.59 Å². The molecule has 0 unspecified atom stereocenters. The van der Waals surface area contributed by atoms with Crippen molar-refractivity contribution in [1.82, 2.24) is 25.5 Å². The van der Waals surface area contributed by atoms with Gasteiger partial charge in [-0.3, -0.25) is 9.59 Å². The topological polar surface area (TPSA) is 111 Å². The molecule has 0 aliphatic rings. The second-order valence-corrected chi connectivity index (χ2v) is 6.73. The third-order valence-electron chi connectivity index (χ3n) is 3.74. The fourth-order valence-electron chi connectivity index (χ4n) is 2.36. The number of benzene rings is 2. The van der Waals surface area contributed by atoms with Crippen LogP contribution in [0, 0.1) is 11.6 Å². The van der Waals surface area contributed by atoms with E-state index >= 15 is 0 Å². The van der Waals surface area contributed by atoms with Crippen LogP contribution in [0.1, 0.15) is 0 Å². The van der Waals surface area contributed by atoms with Crippen molar-refractivity contribution >= 4 is 29.3 Å². The van der Waals surface area contributed by atoms with Crippen LogP contribution in [0.2, 0.25) is 0 Å². The molecule has 0 saturated heterocycles. The zero-order valence-corrected chi connectivity index (χ0v) is 16.4. The van der Waals surface area contributed by atoms with Gasteiger partial charge in [0.15, 0.2) is 11.6 Å². The van der Waals surface area contributed by atoms with Gasteiger partial charge in [-0.1, -0.05) is 23.9 Å². The number of hydrogen-bond acceptors (Lipinski definition) is 7. The van der Waals surface area contributed by atoms with E-state index in [1.54, 1.807) is 24.3 Å². The zero-order valence-electron chi connectivity index (χ0n) is 15.6. The van der Waals surface area contributed by atoms with E-state index in [1.165, 1.54) is 17.9 Å². The minimum atomic E-state index is -1.08. The molecule has 0 aliphatic heterocycles. The van der Waals surface area contributed by atoms with Gasteiger partial charge in [0.05, 0.1) is 19.4 Å². The number of para-hydroxylation sites is 2. The maximum absolute atomic E-state index is 13.2. The Morgan fingerprint density at radius 3 is 2.70 bits per heavy atom. The van der Waals surface area contributed by atoms with Gasteiger partial charge < -0.3 is 15.4 Å². The number of methoxy groups -OCH3 is 1. The molecule has 0 spiro atoms. The molecule has 0 fully saturated rings. The molecule has 0 atom stereocenters. The molecular weight excluding hydrogens is 418 g/mol. The lowest BCUT2D eigenvalue weighted by atomic mass is 10.3. The van der Waals surface area contributed by atoms with E-state index in [2.05, 4.69) is 26.2 Å². The number of amides is 2. The first-order valence-electron chi connectivity index (χ1n) is 8.54. The van der Waals surface area contributed by atoms with E-state index in [1.807, 2.05) is 0 Å². The van der Waals surface area contributed by atoms with E-state index < -0.39 is 23.4 Å². The van der Waals surface area contributed by atoms with Gasteiger partial charge in [-0.2, -0.15) is 4.68 Å². The van der Waals surface area contributed by atoms with Crippen LogP contribution < -0.4 is 15.4 Å². The number of rotatable bonds is 8. The van der Waals surface area contributed by atoms with Crippen molar-refractivity contribution in [3.05, 3.63) is 54.1 Å². The first-order valence-corrected chi connectivity index (χ1v) is 9.52. The molecule has 3 rings (SSSR count). The van der Waals surface area contributed by atoms with E-state index in [9.17, 15) is 18.4 Å². The Labute approximate surface area is 173 Å². The molecule has 2 aromatic carbocycles. The highest BCUT2D eigenvalue weighted by atomic mass is 32.2. The average molecular weight is 434 g/mol. The largest absolute Gasteiger partial charge is 0.494 e. The molecular formula is C18H16F2N6O3S. The van der Waals surface area contributed by atoms with Gasteiger partial charge in [-0.15, -0.1) is 5.10 Å². The summed E-state index contributed by atoms with van der Waals surface area (Å²) < 4.78 is 32.8. The molecule has 0 bridgehead atoms.